The van der Waals surface area contributed by atoms with E-state index in [1.165, 1.54) is 5.56 Å². The van der Waals surface area contributed by atoms with Gasteiger partial charge in [-0.05, 0) is 24.0 Å². The Bertz CT molecular complexity index is 471. The summed E-state index contributed by atoms with van der Waals surface area (Å²) in [4.78, 5) is 22.0. The average Bonchev–Trinajstić information content (AvgIpc) is 2.35. The second kappa shape index (κ2) is 7.53. The highest BCUT2D eigenvalue weighted by Gasteiger charge is 2.11. The zero-order chi connectivity index (χ0) is 15.1. The fourth-order valence-corrected chi connectivity index (χ4v) is 1.75. The van der Waals surface area contributed by atoms with Crippen molar-refractivity contribution in [2.24, 2.45) is 0 Å². The number of carbonyl (C=O) groups excluding carboxylic acids is 1. The lowest BCUT2D eigenvalue weighted by Gasteiger charge is -2.12. The van der Waals surface area contributed by atoms with Gasteiger partial charge in [0.25, 0.3) is 0 Å². The number of aliphatic carboxylic acids is 1. The summed E-state index contributed by atoms with van der Waals surface area (Å²) in [5.74, 6) is -0.540. The zero-order valence-corrected chi connectivity index (χ0v) is 12.1. The summed E-state index contributed by atoms with van der Waals surface area (Å²) in [5, 5.41) is 11.1. The third kappa shape index (κ3) is 5.73. The minimum atomic E-state index is -0.956. The maximum atomic E-state index is 11.5. The fourth-order valence-electron chi connectivity index (χ4n) is 1.75. The molecule has 1 rings (SSSR count). The summed E-state index contributed by atoms with van der Waals surface area (Å²) in [7, 11) is 0. The molecule has 0 aromatic heterocycles. The second-order valence-corrected chi connectivity index (χ2v) is 5.12. The van der Waals surface area contributed by atoms with E-state index in [9.17, 15) is 9.59 Å². The van der Waals surface area contributed by atoms with Gasteiger partial charge in [-0.15, -0.1) is 0 Å². The van der Waals surface area contributed by atoms with Crippen LogP contribution < -0.4 is 5.32 Å². The number of ether oxygens (including phenoxy) is 1. The number of amides is 1. The number of alkyl carbamates (subject to hydrolysis) is 1. The van der Waals surface area contributed by atoms with Gasteiger partial charge in [0.05, 0.1) is 6.42 Å². The van der Waals surface area contributed by atoms with Gasteiger partial charge < -0.3 is 15.2 Å². The van der Waals surface area contributed by atoms with Gasteiger partial charge >= 0.3 is 12.1 Å². The number of carboxylic acids is 1. The Kier molecular flexibility index (Phi) is 6.03. The van der Waals surface area contributed by atoms with Gasteiger partial charge in [-0.25, -0.2) is 4.79 Å². The zero-order valence-electron chi connectivity index (χ0n) is 12.1. The molecule has 0 fully saturated rings. The molecule has 1 aromatic rings. The van der Waals surface area contributed by atoms with E-state index in [0.29, 0.717) is 5.92 Å². The maximum absolute atomic E-state index is 11.5. The summed E-state index contributed by atoms with van der Waals surface area (Å²) in [6, 6.07) is 7.39. The predicted molar refractivity (Wildman–Crippen MR) is 75.6 cm³/mol. The first-order valence-electron chi connectivity index (χ1n) is 6.62. The largest absolute Gasteiger partial charge is 0.481 e. The molecule has 5 nitrogen and oxygen atoms in total. The lowest BCUT2D eigenvalue weighted by atomic mass is 10.0. The molecule has 20 heavy (non-hydrogen) atoms. The third-order valence-electron chi connectivity index (χ3n) is 2.83. The molecule has 1 aromatic carbocycles. The Morgan fingerprint density at radius 2 is 2.00 bits per heavy atom. The molecule has 0 spiro atoms. The van der Waals surface area contributed by atoms with E-state index in [2.05, 4.69) is 19.2 Å². The molecule has 0 aliphatic carbocycles. The van der Waals surface area contributed by atoms with Crippen LogP contribution in [0, 0.1) is 0 Å². The van der Waals surface area contributed by atoms with E-state index < -0.39 is 18.1 Å². The molecule has 2 N–H and O–H groups in total. The van der Waals surface area contributed by atoms with E-state index in [4.69, 9.17) is 9.84 Å². The van der Waals surface area contributed by atoms with Crippen LogP contribution in [0.4, 0.5) is 4.79 Å². The molecule has 5 heteroatoms. The first-order chi connectivity index (χ1) is 9.38. The molecule has 110 valence electrons. The Hall–Kier alpha value is -2.04. The molecule has 0 aliphatic heterocycles. The highest BCUT2D eigenvalue weighted by atomic mass is 16.5. The summed E-state index contributed by atoms with van der Waals surface area (Å²) >= 11 is 0. The lowest BCUT2D eigenvalue weighted by Crippen LogP contribution is -2.34. The van der Waals surface area contributed by atoms with Crippen LogP contribution in [0.15, 0.2) is 24.3 Å². The number of rotatable bonds is 6. The topological polar surface area (TPSA) is 75.6 Å². The van der Waals surface area contributed by atoms with E-state index in [1.807, 2.05) is 24.3 Å². The lowest BCUT2D eigenvalue weighted by molar-refractivity contribution is -0.137. The number of carbonyl (C=O) groups is 2. The minimum absolute atomic E-state index is 0.127. The van der Waals surface area contributed by atoms with Crippen molar-refractivity contribution in [3.8, 4) is 0 Å². The summed E-state index contributed by atoms with van der Waals surface area (Å²) in [6.45, 7) is 5.99. The SMILES string of the molecule is CC(CC(=O)O)NC(=O)OCc1cccc(C(C)C)c1. The molecule has 0 heterocycles. The van der Waals surface area contributed by atoms with Crippen LogP contribution in [-0.2, 0) is 16.1 Å². The fraction of sp³-hybridized carbons (Fsp3) is 0.467. The van der Waals surface area contributed by atoms with Gasteiger partial charge in [-0.1, -0.05) is 38.1 Å². The van der Waals surface area contributed by atoms with Crippen LogP contribution in [0.1, 0.15) is 44.2 Å². The Balaban J connectivity index is 2.44. The molecule has 1 atom stereocenters. The number of carboxylic acid groups (broad SMARTS) is 1. The third-order valence-corrected chi connectivity index (χ3v) is 2.83. The summed E-state index contributed by atoms with van der Waals surface area (Å²) in [6.07, 6.45) is -0.730. The summed E-state index contributed by atoms with van der Waals surface area (Å²) in [5.41, 5.74) is 2.10. The van der Waals surface area contributed by atoms with Crippen molar-refractivity contribution < 1.29 is 19.4 Å². The average molecular weight is 279 g/mol. The Morgan fingerprint density at radius 1 is 1.30 bits per heavy atom. The molecule has 0 saturated heterocycles. The molecular formula is C15H21NO4. The Morgan fingerprint density at radius 3 is 2.60 bits per heavy atom. The number of hydrogen-bond donors (Lipinski definition) is 2. The molecule has 0 radical (unpaired) electrons. The van der Waals surface area contributed by atoms with Crippen LogP contribution >= 0.6 is 0 Å². The van der Waals surface area contributed by atoms with Gasteiger partial charge in [0, 0.05) is 6.04 Å². The monoisotopic (exact) mass is 279 g/mol. The van der Waals surface area contributed by atoms with Crippen molar-refractivity contribution in [3.63, 3.8) is 0 Å². The van der Waals surface area contributed by atoms with Crippen molar-refractivity contribution in [3.05, 3.63) is 35.4 Å². The Labute approximate surface area is 118 Å². The summed E-state index contributed by atoms with van der Waals surface area (Å²) < 4.78 is 5.07. The van der Waals surface area contributed by atoms with Gasteiger partial charge in [0.1, 0.15) is 6.61 Å². The highest BCUT2D eigenvalue weighted by molar-refractivity contribution is 5.71. The van der Waals surface area contributed by atoms with Crippen molar-refractivity contribution in [2.45, 2.75) is 45.8 Å². The van der Waals surface area contributed by atoms with Gasteiger partial charge in [0.15, 0.2) is 0 Å². The number of hydrogen-bond acceptors (Lipinski definition) is 3. The first-order valence-corrected chi connectivity index (χ1v) is 6.62. The van der Waals surface area contributed by atoms with Gasteiger partial charge in [-0.2, -0.15) is 0 Å². The first kappa shape index (κ1) is 16.0. The molecule has 1 amide bonds. The van der Waals surface area contributed by atoms with Crippen LogP contribution in [0.25, 0.3) is 0 Å². The normalized spacial score (nSPS) is 12.0. The molecular weight excluding hydrogens is 258 g/mol. The smallest absolute Gasteiger partial charge is 0.407 e. The molecule has 0 saturated carbocycles. The van der Waals surface area contributed by atoms with E-state index >= 15 is 0 Å². The van der Waals surface area contributed by atoms with E-state index in [0.717, 1.165) is 5.56 Å². The molecule has 0 bridgehead atoms. The highest BCUT2D eigenvalue weighted by Crippen LogP contribution is 2.16. The van der Waals surface area contributed by atoms with Crippen molar-refractivity contribution in [1.29, 1.82) is 0 Å². The van der Waals surface area contributed by atoms with E-state index in [-0.39, 0.29) is 13.0 Å². The standard InChI is InChI=1S/C15H21NO4/c1-10(2)13-6-4-5-12(8-13)9-20-15(19)16-11(3)7-14(17)18/h4-6,8,10-11H,7,9H2,1-3H3,(H,16,19)(H,17,18). The second-order valence-electron chi connectivity index (χ2n) is 5.12. The van der Waals surface area contributed by atoms with Gasteiger partial charge in [-0.3, -0.25) is 4.79 Å². The number of benzene rings is 1. The van der Waals surface area contributed by atoms with Crippen molar-refractivity contribution in [1.82, 2.24) is 5.32 Å². The van der Waals surface area contributed by atoms with Crippen LogP contribution in [-0.4, -0.2) is 23.2 Å². The molecule has 0 aliphatic rings. The maximum Gasteiger partial charge on any atom is 0.407 e. The molecule has 1 unspecified atom stereocenters. The quantitative estimate of drug-likeness (QED) is 0.839. The van der Waals surface area contributed by atoms with Crippen LogP contribution in [0.2, 0.25) is 0 Å². The predicted octanol–water partition coefficient (Wildman–Crippen LogP) is 2.90. The van der Waals surface area contributed by atoms with Crippen molar-refractivity contribution >= 4 is 12.1 Å². The van der Waals surface area contributed by atoms with Crippen LogP contribution in [0.3, 0.4) is 0 Å². The van der Waals surface area contributed by atoms with Crippen LogP contribution in [0.5, 0.6) is 0 Å². The van der Waals surface area contributed by atoms with Gasteiger partial charge in [0.2, 0.25) is 0 Å². The minimum Gasteiger partial charge on any atom is -0.481 e. The van der Waals surface area contributed by atoms with Crippen molar-refractivity contribution in [2.75, 3.05) is 0 Å². The number of nitrogens with one attached hydrogen (secondary N) is 1. The van der Waals surface area contributed by atoms with E-state index in [1.54, 1.807) is 6.92 Å².